The van der Waals surface area contributed by atoms with Gasteiger partial charge < -0.3 is 0 Å². The number of piperidine rings is 1. The molecule has 2 aliphatic rings. The summed E-state index contributed by atoms with van der Waals surface area (Å²) < 4.78 is 29.3. The van der Waals surface area contributed by atoms with Crippen molar-refractivity contribution in [3.8, 4) is 0 Å². The second-order valence-corrected chi connectivity index (χ2v) is 9.80. The zero-order valence-corrected chi connectivity index (χ0v) is 16.9. The summed E-state index contributed by atoms with van der Waals surface area (Å²) in [5, 5.41) is 1.52. The standard InChI is InChI=1S/C19H25ClN4O2S/c20-17-13-16-5-6-18(22-19(16)21-14-17)15-7-11-24(12-8-15)27(25,26)23-9-3-1-2-4-10-23/h5-6,13-15H,1-4,7-12H2. The Labute approximate surface area is 165 Å². The summed E-state index contributed by atoms with van der Waals surface area (Å²) >= 11 is 5.98. The molecule has 2 aromatic rings. The predicted octanol–water partition coefficient (Wildman–Crippen LogP) is 3.58. The van der Waals surface area contributed by atoms with E-state index in [1.807, 2.05) is 18.2 Å². The number of halogens is 1. The minimum atomic E-state index is -3.33. The summed E-state index contributed by atoms with van der Waals surface area (Å²) in [6, 6.07) is 5.87. The summed E-state index contributed by atoms with van der Waals surface area (Å²) in [6.07, 6.45) is 7.37. The molecule has 8 heteroatoms. The van der Waals surface area contributed by atoms with Gasteiger partial charge in [-0.1, -0.05) is 24.4 Å². The summed E-state index contributed by atoms with van der Waals surface area (Å²) in [4.78, 5) is 8.99. The van der Waals surface area contributed by atoms with Crippen LogP contribution < -0.4 is 0 Å². The molecule has 0 unspecified atom stereocenters. The van der Waals surface area contributed by atoms with E-state index in [1.54, 1.807) is 14.8 Å². The number of hydrogen-bond donors (Lipinski definition) is 0. The van der Waals surface area contributed by atoms with Gasteiger partial charge >= 0.3 is 0 Å². The molecule has 4 rings (SSSR count). The van der Waals surface area contributed by atoms with Gasteiger partial charge in [-0.2, -0.15) is 17.0 Å². The van der Waals surface area contributed by atoms with E-state index in [1.165, 1.54) is 0 Å². The lowest BCUT2D eigenvalue weighted by Gasteiger charge is -2.34. The Hall–Kier alpha value is -1.28. The maximum Gasteiger partial charge on any atom is 0.281 e. The first-order valence-electron chi connectivity index (χ1n) is 9.71. The largest absolute Gasteiger partial charge is 0.281 e. The first kappa shape index (κ1) is 19.1. The highest BCUT2D eigenvalue weighted by Crippen LogP contribution is 2.30. The third-order valence-electron chi connectivity index (χ3n) is 5.62. The summed E-state index contributed by atoms with van der Waals surface area (Å²) in [7, 11) is -3.33. The molecule has 2 fully saturated rings. The van der Waals surface area contributed by atoms with E-state index in [2.05, 4.69) is 9.97 Å². The Kier molecular flexibility index (Phi) is 5.64. The number of pyridine rings is 2. The van der Waals surface area contributed by atoms with Crippen LogP contribution in [0.15, 0.2) is 24.4 Å². The molecule has 0 N–H and O–H groups in total. The van der Waals surface area contributed by atoms with E-state index in [9.17, 15) is 8.42 Å². The van der Waals surface area contributed by atoms with Gasteiger partial charge in [-0.3, -0.25) is 0 Å². The Morgan fingerprint density at radius 2 is 1.63 bits per heavy atom. The second-order valence-electron chi connectivity index (χ2n) is 7.43. The van der Waals surface area contributed by atoms with Gasteiger partial charge in [-0.25, -0.2) is 9.97 Å². The van der Waals surface area contributed by atoms with E-state index in [0.717, 1.165) is 49.6 Å². The molecule has 0 saturated carbocycles. The van der Waals surface area contributed by atoms with Gasteiger partial charge in [0.15, 0.2) is 5.65 Å². The molecular formula is C19H25ClN4O2S. The van der Waals surface area contributed by atoms with Gasteiger partial charge in [-0.15, -0.1) is 0 Å². The van der Waals surface area contributed by atoms with Gasteiger partial charge in [-0.05, 0) is 43.9 Å². The van der Waals surface area contributed by atoms with E-state index < -0.39 is 10.2 Å². The van der Waals surface area contributed by atoms with Crippen molar-refractivity contribution in [2.75, 3.05) is 26.2 Å². The van der Waals surface area contributed by atoms with Crippen molar-refractivity contribution in [3.63, 3.8) is 0 Å². The average molecular weight is 409 g/mol. The zero-order chi connectivity index (χ0) is 18.9. The predicted molar refractivity (Wildman–Crippen MR) is 107 cm³/mol. The highest BCUT2D eigenvalue weighted by molar-refractivity contribution is 7.86. The summed E-state index contributed by atoms with van der Waals surface area (Å²) in [5.41, 5.74) is 1.68. The van der Waals surface area contributed by atoms with Crippen molar-refractivity contribution in [1.29, 1.82) is 0 Å². The molecule has 0 aromatic carbocycles. The lowest BCUT2D eigenvalue weighted by atomic mass is 9.94. The molecule has 6 nitrogen and oxygen atoms in total. The van der Waals surface area contributed by atoms with Crippen LogP contribution in [0.25, 0.3) is 11.0 Å². The van der Waals surface area contributed by atoms with Crippen LogP contribution >= 0.6 is 11.6 Å². The van der Waals surface area contributed by atoms with Gasteiger partial charge in [0.1, 0.15) is 0 Å². The lowest BCUT2D eigenvalue weighted by molar-refractivity contribution is 0.286. The fourth-order valence-electron chi connectivity index (χ4n) is 4.04. The Morgan fingerprint density at radius 1 is 0.963 bits per heavy atom. The number of hydrogen-bond acceptors (Lipinski definition) is 4. The molecule has 0 atom stereocenters. The molecule has 0 radical (unpaired) electrons. The fourth-order valence-corrected chi connectivity index (χ4v) is 5.93. The number of nitrogens with zero attached hydrogens (tertiary/aromatic N) is 4. The first-order valence-corrected chi connectivity index (χ1v) is 11.5. The van der Waals surface area contributed by atoms with E-state index in [4.69, 9.17) is 11.6 Å². The minimum absolute atomic E-state index is 0.266. The van der Waals surface area contributed by atoms with Crippen LogP contribution in [-0.2, 0) is 10.2 Å². The lowest BCUT2D eigenvalue weighted by Crippen LogP contribution is -2.47. The van der Waals surface area contributed by atoms with Gasteiger partial charge in [0.05, 0.1) is 5.02 Å². The zero-order valence-electron chi connectivity index (χ0n) is 15.3. The molecule has 2 aliphatic heterocycles. The Bertz CT molecular complexity index is 905. The molecule has 0 amide bonds. The SMILES string of the molecule is O=S(=O)(N1CCCCCC1)N1CCC(c2ccc3cc(Cl)cnc3n2)CC1. The highest BCUT2D eigenvalue weighted by Gasteiger charge is 2.33. The molecule has 0 bridgehead atoms. The van der Waals surface area contributed by atoms with Crippen LogP contribution in [0.4, 0.5) is 0 Å². The van der Waals surface area contributed by atoms with Crippen LogP contribution in [0.5, 0.6) is 0 Å². The molecule has 0 spiro atoms. The van der Waals surface area contributed by atoms with Crippen molar-refractivity contribution < 1.29 is 8.42 Å². The van der Waals surface area contributed by atoms with E-state index in [-0.39, 0.29) is 5.92 Å². The Morgan fingerprint density at radius 3 is 2.33 bits per heavy atom. The van der Waals surface area contributed by atoms with Crippen molar-refractivity contribution in [3.05, 3.63) is 35.1 Å². The number of fused-ring (bicyclic) bond motifs is 1. The van der Waals surface area contributed by atoms with Crippen molar-refractivity contribution >= 4 is 32.8 Å². The molecule has 4 heterocycles. The minimum Gasteiger partial charge on any atom is -0.235 e. The topological polar surface area (TPSA) is 66.4 Å². The van der Waals surface area contributed by atoms with E-state index in [0.29, 0.717) is 36.8 Å². The first-order chi connectivity index (χ1) is 13.0. The van der Waals surface area contributed by atoms with Crippen LogP contribution in [0.3, 0.4) is 0 Å². The number of aromatic nitrogens is 2. The van der Waals surface area contributed by atoms with Crippen molar-refractivity contribution in [1.82, 2.24) is 18.6 Å². The van der Waals surface area contributed by atoms with Crippen LogP contribution in [0.2, 0.25) is 5.02 Å². The van der Waals surface area contributed by atoms with Gasteiger partial charge in [0.2, 0.25) is 0 Å². The molecule has 2 saturated heterocycles. The molecule has 27 heavy (non-hydrogen) atoms. The monoisotopic (exact) mass is 408 g/mol. The maximum absolute atomic E-state index is 13.0. The van der Waals surface area contributed by atoms with Gasteiger partial charge in [0, 0.05) is 49.4 Å². The molecule has 0 aliphatic carbocycles. The maximum atomic E-state index is 13.0. The fraction of sp³-hybridized carbons (Fsp3) is 0.579. The highest BCUT2D eigenvalue weighted by atomic mass is 35.5. The van der Waals surface area contributed by atoms with Gasteiger partial charge in [0.25, 0.3) is 10.2 Å². The average Bonchev–Trinajstić information content (AvgIpc) is 2.98. The summed E-state index contributed by atoms with van der Waals surface area (Å²) in [5.74, 6) is 0.266. The second kappa shape index (κ2) is 7.99. The van der Waals surface area contributed by atoms with Crippen LogP contribution in [0, 0.1) is 0 Å². The molecular weight excluding hydrogens is 384 g/mol. The van der Waals surface area contributed by atoms with Crippen LogP contribution in [-0.4, -0.2) is 53.2 Å². The smallest absolute Gasteiger partial charge is 0.235 e. The number of rotatable bonds is 3. The Balaban J connectivity index is 1.44. The van der Waals surface area contributed by atoms with Crippen LogP contribution in [0.1, 0.15) is 50.1 Å². The normalized spacial score (nSPS) is 21.4. The third kappa shape index (κ3) is 4.11. The van der Waals surface area contributed by atoms with Crippen molar-refractivity contribution in [2.45, 2.75) is 44.4 Å². The molecule has 2 aromatic heterocycles. The molecule has 146 valence electrons. The summed E-state index contributed by atoms with van der Waals surface area (Å²) in [6.45, 7) is 2.42. The third-order valence-corrected chi connectivity index (χ3v) is 7.86. The quantitative estimate of drug-likeness (QED) is 0.778. The van der Waals surface area contributed by atoms with E-state index >= 15 is 0 Å². The van der Waals surface area contributed by atoms with Crippen molar-refractivity contribution in [2.24, 2.45) is 0 Å².